The van der Waals surface area contributed by atoms with Crippen molar-refractivity contribution in [2.45, 2.75) is 104 Å². The number of nitro benzene ring substituents is 2. The Hall–Kier alpha value is -13.8. The van der Waals surface area contributed by atoms with Crippen molar-refractivity contribution in [1.82, 2.24) is 94.1 Å². The quantitative estimate of drug-likeness (QED) is 0.0232. The lowest BCUT2D eigenvalue weighted by molar-refractivity contribution is -0.387. The molecule has 9 heterocycles. The molecule has 9 aromatic heterocycles. The molecule has 7 aromatic carbocycles. The van der Waals surface area contributed by atoms with Crippen LogP contribution in [0.25, 0.3) is 77.8 Å². The number of rotatable bonds is 23. The van der Waals surface area contributed by atoms with Gasteiger partial charge in [0.2, 0.25) is 32.7 Å². The largest absolute Gasteiger partial charge is 0.494 e. The number of benzene rings is 7. The number of anilines is 5. The summed E-state index contributed by atoms with van der Waals surface area (Å²) in [5.74, 6) is 5.32. The molecular weight excluding hydrogens is 1590 g/mol. The number of hydrogen-bond donors (Lipinski definition) is 3. The van der Waals surface area contributed by atoms with Crippen LogP contribution in [0.15, 0.2) is 205 Å². The first-order valence-corrected chi connectivity index (χ1v) is 43.1. The van der Waals surface area contributed by atoms with Gasteiger partial charge in [-0.15, -0.1) is 0 Å². The number of aromatic amines is 1. The number of sulfone groups is 1. The number of likely N-dealkylation sites (N-methyl/N-ethyl adjacent to an activating group) is 2. The summed E-state index contributed by atoms with van der Waals surface area (Å²) in [6.07, 6.45) is 21.5. The van der Waals surface area contributed by atoms with E-state index in [9.17, 15) is 33.0 Å². The average molecular weight is 1680 g/mol. The van der Waals surface area contributed by atoms with Crippen LogP contribution in [0.1, 0.15) is 122 Å². The zero-order valence-electron chi connectivity index (χ0n) is 67.7. The van der Waals surface area contributed by atoms with Crippen LogP contribution in [0.2, 0.25) is 0 Å². The van der Waals surface area contributed by atoms with Crippen LogP contribution < -0.4 is 25.0 Å². The fourth-order valence-electron chi connectivity index (χ4n) is 14.5. The van der Waals surface area contributed by atoms with Crippen LogP contribution in [0, 0.1) is 26.0 Å². The molecule has 0 spiro atoms. The molecule has 0 atom stereocenters. The first-order chi connectivity index (χ1) is 59.2. The topological polar surface area (TPSA) is 372 Å². The minimum atomic E-state index is -3.45. The third kappa shape index (κ3) is 17.6. The Bertz CT molecular complexity index is 6730. The molecule has 5 fully saturated rings. The highest BCUT2D eigenvalue weighted by atomic mass is 32.2. The van der Waals surface area contributed by atoms with Crippen molar-refractivity contribution in [3.05, 3.63) is 249 Å². The number of nitro groups is 2. The van der Waals surface area contributed by atoms with E-state index in [1.165, 1.54) is 74.3 Å². The molecule has 3 N–H and O–H groups in total. The predicted octanol–water partition coefficient (Wildman–Crippen LogP) is 16.8. The second-order valence-corrected chi connectivity index (χ2v) is 33.3. The van der Waals surface area contributed by atoms with Gasteiger partial charge < -0.3 is 29.9 Å². The Labute approximate surface area is 703 Å². The highest BCUT2D eigenvalue weighted by Crippen LogP contribution is 2.48. The van der Waals surface area contributed by atoms with Gasteiger partial charge in [0.1, 0.15) is 17.2 Å². The van der Waals surface area contributed by atoms with Crippen LogP contribution in [0.4, 0.5) is 44.7 Å². The smallest absolute Gasteiger partial charge is 0.307 e. The monoisotopic (exact) mass is 1680 g/mol. The number of ether oxygens (including phenoxy) is 2. The summed E-state index contributed by atoms with van der Waals surface area (Å²) in [7, 11) is 5.18. The Morgan fingerprint density at radius 3 is 1.29 bits per heavy atom. The second kappa shape index (κ2) is 34.5. The summed E-state index contributed by atoms with van der Waals surface area (Å²) < 4.78 is 55.2. The maximum Gasteiger partial charge on any atom is 0.307 e. The van der Waals surface area contributed by atoms with Crippen LogP contribution in [-0.4, -0.2) is 173 Å². The number of para-hydroxylation sites is 5. The molecule has 0 aliphatic heterocycles. The molecule has 16 aromatic rings. The van der Waals surface area contributed by atoms with Crippen molar-refractivity contribution in [3.63, 3.8) is 0 Å². The fraction of sp³-hybridized carbons (Fsp3) is 0.276. The van der Waals surface area contributed by atoms with Gasteiger partial charge in [-0.3, -0.25) is 25.3 Å². The number of hydrogen-bond acceptors (Lipinski definition) is 26. The van der Waals surface area contributed by atoms with Gasteiger partial charge in [-0.1, -0.05) is 103 Å². The zero-order valence-corrected chi connectivity index (χ0v) is 69.3. The van der Waals surface area contributed by atoms with Crippen LogP contribution in [0.5, 0.6) is 11.5 Å². The maximum atomic E-state index is 13.9. The van der Waals surface area contributed by atoms with Crippen LogP contribution in [-0.2, 0) is 9.84 Å². The van der Waals surface area contributed by atoms with Gasteiger partial charge in [-0.2, -0.15) is 44.8 Å². The summed E-state index contributed by atoms with van der Waals surface area (Å²) in [6.45, 7) is 1.37. The molecule has 122 heavy (non-hydrogen) atoms. The number of nitrogens with zero attached hydrogens (tertiary/aromatic N) is 21. The van der Waals surface area contributed by atoms with Crippen molar-refractivity contribution in [2.24, 2.45) is 0 Å². The lowest BCUT2D eigenvalue weighted by atomic mass is 10.1. The van der Waals surface area contributed by atoms with E-state index in [1.807, 2.05) is 125 Å². The number of halogens is 1. The van der Waals surface area contributed by atoms with E-state index in [0.29, 0.717) is 64.8 Å². The van der Waals surface area contributed by atoms with E-state index in [0.717, 1.165) is 141 Å². The van der Waals surface area contributed by atoms with E-state index in [1.54, 1.807) is 64.0 Å². The van der Waals surface area contributed by atoms with Crippen molar-refractivity contribution < 1.29 is 32.1 Å². The first-order valence-electron chi connectivity index (χ1n) is 40.0. The molecule has 35 heteroatoms. The highest BCUT2D eigenvalue weighted by molar-refractivity contribution is 7.98. The molecule has 0 saturated heterocycles. The van der Waals surface area contributed by atoms with Crippen molar-refractivity contribution in [3.8, 4) is 34.8 Å². The number of thioether (sulfide) groups is 1. The summed E-state index contributed by atoms with van der Waals surface area (Å²) >= 11 is 1.55. The molecule has 5 aliphatic rings. The molecule has 21 rings (SSSR count). The molecule has 32 nitrogen and oxygen atoms in total. The molecule has 0 radical (unpaired) electrons. The summed E-state index contributed by atoms with van der Waals surface area (Å²) in [5.41, 5.74) is 11.2. The minimum absolute atomic E-state index is 0.0344. The van der Waals surface area contributed by atoms with Gasteiger partial charge in [0.15, 0.2) is 28.4 Å². The predicted molar refractivity (Wildman–Crippen MR) is 465 cm³/mol. The van der Waals surface area contributed by atoms with E-state index >= 15 is 0 Å². The van der Waals surface area contributed by atoms with Crippen molar-refractivity contribution >= 4 is 116 Å². The fourth-order valence-corrected chi connectivity index (χ4v) is 15.4. The van der Waals surface area contributed by atoms with Gasteiger partial charge in [-0.25, -0.2) is 52.1 Å². The van der Waals surface area contributed by atoms with E-state index in [-0.39, 0.29) is 34.2 Å². The lowest BCUT2D eigenvalue weighted by Gasteiger charge is -2.22. The van der Waals surface area contributed by atoms with Crippen molar-refractivity contribution in [1.29, 1.82) is 0 Å². The average Bonchev–Trinajstić information content (AvgIpc) is 1.61. The normalized spacial score (nSPS) is 14.3. The molecule has 5 aliphatic carbocycles. The number of H-pyrrole nitrogens is 1. The number of fused-ring (bicyclic) bond motifs is 5. The number of nitrogens with one attached hydrogen (secondary N) is 3. The summed E-state index contributed by atoms with van der Waals surface area (Å²) in [6, 6.07) is 53.0. The standard InChI is InChI=1S/C26H30N8O3.C21H17FN6O3.C15H14N4O2S.C15H14N4S.C10H10N2/c1-31(2)13-14-32(3)21-16-23(37-4)19(15-22(21)34(35)36)28-26-27-12-11-24(29-26)33-20-8-6-5-7-18(20)25(30-33)17-9-10-17;1-31-18-10-14(22)17(28(29)30)11-15(18)24-21-23-9-8-19(25-21)27-16-5-3-2-4-13(16)20(26-27)12-6-7-12;1-22(20,21)15-16-9-8-13(17-15)19-12-5-3-2-4-11(12)14(18-19)10-6-7-10;1-20-15-16-9-8-13(17-15)19-12-5-3-2-4-11(12)14(18-19)10-6-7-10;1-2-4-9-8(3-1)10(12-11-9)7-5-6-7/h5-8,11-12,15-17H,9-10,13-14H2,1-4H3,(H,27,28,29);2-5,8-12H,6-7H2,1H3,(H,23,24,25);2-5,8-10H,6-7H2,1H3;2-5,8-10H,6-7H2,1H3;1-4,7H,5-6H2,(H,11,12). The number of aromatic nitrogens is 18. The second-order valence-electron chi connectivity index (χ2n) is 30.7. The lowest BCUT2D eigenvalue weighted by Crippen LogP contribution is -2.28. The SMILES string of the molecule is COc1cc(F)c([N+](=O)[O-])cc1Nc1nccc(-n2nc(C3CC3)c3ccccc32)n1.COc1cc(N(C)CCN(C)C)c([N+](=O)[O-])cc1Nc1nccc(-n2nc(C3CC3)c3ccccc32)n1.CS(=O)(=O)c1nccc(-n2nc(C3CC3)c3ccccc32)n1.CSc1nccc(-n2nc(C3CC3)c3ccccc32)n1.c1ccc2c(C3CC3)[nH]nc2c1. The van der Waals surface area contributed by atoms with E-state index in [4.69, 9.17) is 24.8 Å². The molecule has 0 bridgehead atoms. The van der Waals surface area contributed by atoms with Gasteiger partial charge in [0.05, 0.1) is 85.8 Å². The Morgan fingerprint density at radius 2 is 0.877 bits per heavy atom. The third-order valence-corrected chi connectivity index (χ3v) is 22.9. The van der Waals surface area contributed by atoms with Crippen LogP contribution in [0.3, 0.4) is 0 Å². The Balaban J connectivity index is 0.000000113. The van der Waals surface area contributed by atoms with Gasteiger partial charge in [0, 0.05) is 162 Å². The first kappa shape index (κ1) is 80.6. The minimum Gasteiger partial charge on any atom is -0.494 e. The van der Waals surface area contributed by atoms with Gasteiger partial charge in [0.25, 0.3) is 5.69 Å². The Morgan fingerprint density at radius 1 is 0.492 bits per heavy atom. The van der Waals surface area contributed by atoms with E-state index < -0.39 is 31.2 Å². The third-order valence-electron chi connectivity index (χ3n) is 21.4. The maximum absolute atomic E-state index is 13.9. The van der Waals surface area contributed by atoms with Gasteiger partial charge in [-0.05, 0) is 115 Å². The van der Waals surface area contributed by atoms with E-state index in [2.05, 4.69) is 114 Å². The molecule has 0 unspecified atom stereocenters. The molecule has 0 amide bonds. The Kier molecular flexibility index (Phi) is 22.8. The van der Waals surface area contributed by atoms with Crippen molar-refractivity contribution in [2.75, 3.05) is 76.5 Å². The molecular formula is C87H85FN24O8S2. The number of methoxy groups -OCH3 is 2. The summed E-state index contributed by atoms with van der Waals surface area (Å²) in [5, 5.41) is 62.1. The highest BCUT2D eigenvalue weighted by Gasteiger charge is 2.35. The molecule has 5 saturated carbocycles. The van der Waals surface area contributed by atoms with Crippen LogP contribution >= 0.6 is 11.8 Å². The summed E-state index contributed by atoms with van der Waals surface area (Å²) in [4.78, 5) is 60.2. The van der Waals surface area contributed by atoms with Gasteiger partial charge >= 0.3 is 5.69 Å². The zero-order chi connectivity index (χ0) is 84.5. The molecule has 620 valence electrons.